The summed E-state index contributed by atoms with van der Waals surface area (Å²) >= 11 is 0. The Morgan fingerprint density at radius 1 is 1.31 bits per heavy atom. The lowest BCUT2D eigenvalue weighted by atomic mass is 10.3. The molecule has 2 N–H and O–H groups in total. The van der Waals surface area contributed by atoms with E-state index in [0.717, 1.165) is 50.9 Å². The van der Waals surface area contributed by atoms with Crippen LogP contribution in [-0.2, 0) is 16.6 Å². The zero-order chi connectivity index (χ0) is 18.8. The molecular weight excluding hydrogens is 356 g/mol. The van der Waals surface area contributed by atoms with E-state index in [-0.39, 0.29) is 5.75 Å². The largest absolute Gasteiger partial charge is 0.364 e. The summed E-state index contributed by atoms with van der Waals surface area (Å²) in [6.07, 6.45) is 2.28. The van der Waals surface area contributed by atoms with Gasteiger partial charge in [0.2, 0.25) is 10.0 Å². The highest BCUT2D eigenvalue weighted by Crippen LogP contribution is 2.07. The number of guanidine groups is 1. The Morgan fingerprint density at radius 2 is 2.08 bits per heavy atom. The Labute approximate surface area is 155 Å². The first-order valence-electron chi connectivity index (χ1n) is 9.16. The minimum absolute atomic E-state index is 0.109. The van der Waals surface area contributed by atoms with Crippen molar-refractivity contribution in [1.29, 1.82) is 0 Å². The van der Waals surface area contributed by atoms with Crippen molar-refractivity contribution < 1.29 is 12.9 Å². The number of nitrogens with zero attached hydrogens (tertiary/aromatic N) is 4. The Balaban J connectivity index is 1.76. The first-order chi connectivity index (χ1) is 12.5. The topological polar surface area (TPSA) is 103 Å². The number of sulfonamides is 1. The van der Waals surface area contributed by atoms with Crippen LogP contribution in [-0.4, -0.2) is 80.9 Å². The molecule has 26 heavy (non-hydrogen) atoms. The number of piperazine rings is 1. The fraction of sp³-hybridized carbons (Fsp3) is 0.750. The maximum absolute atomic E-state index is 11.4. The molecule has 1 aromatic heterocycles. The number of hydrogen-bond donors (Lipinski definition) is 2. The van der Waals surface area contributed by atoms with Gasteiger partial charge in [0, 0.05) is 58.4 Å². The average Bonchev–Trinajstić information content (AvgIpc) is 3.14. The highest BCUT2D eigenvalue weighted by molar-refractivity contribution is 7.89. The maximum Gasteiger partial charge on any atom is 0.211 e. The van der Waals surface area contributed by atoms with Crippen LogP contribution in [0.15, 0.2) is 21.8 Å². The van der Waals surface area contributed by atoms with Crippen molar-refractivity contribution in [2.45, 2.75) is 26.8 Å². The molecule has 0 amide bonds. The quantitative estimate of drug-likeness (QED) is 0.352. The van der Waals surface area contributed by atoms with Gasteiger partial charge < -0.3 is 14.7 Å². The highest BCUT2D eigenvalue weighted by Gasteiger charge is 2.20. The van der Waals surface area contributed by atoms with E-state index in [2.05, 4.69) is 30.0 Å². The number of aromatic nitrogens is 1. The molecule has 2 heterocycles. The van der Waals surface area contributed by atoms with Crippen molar-refractivity contribution in [2.75, 3.05) is 51.6 Å². The van der Waals surface area contributed by atoms with E-state index in [9.17, 15) is 8.42 Å². The molecule has 1 saturated heterocycles. The van der Waals surface area contributed by atoms with E-state index < -0.39 is 10.0 Å². The summed E-state index contributed by atoms with van der Waals surface area (Å²) < 4.78 is 30.3. The molecular formula is C16H30N6O3S. The zero-order valence-electron chi connectivity index (χ0n) is 15.6. The van der Waals surface area contributed by atoms with Gasteiger partial charge in [-0.2, -0.15) is 0 Å². The van der Waals surface area contributed by atoms with Gasteiger partial charge in [-0.1, -0.05) is 5.16 Å². The lowest BCUT2D eigenvalue weighted by Crippen LogP contribution is -2.52. The number of hydrogen-bond acceptors (Lipinski definition) is 6. The lowest BCUT2D eigenvalue weighted by molar-refractivity contribution is 0.169. The second kappa shape index (κ2) is 10.5. The molecule has 1 aliphatic heterocycles. The Kier molecular flexibility index (Phi) is 8.33. The van der Waals surface area contributed by atoms with Crippen molar-refractivity contribution in [3.05, 3.63) is 18.0 Å². The van der Waals surface area contributed by atoms with Crippen LogP contribution in [0, 0.1) is 0 Å². The molecule has 0 saturated carbocycles. The van der Waals surface area contributed by atoms with E-state index in [0.29, 0.717) is 19.5 Å². The SMILES string of the molecule is CCNC(=NCCCNS(=O)(=O)CC)N1CCN(Cc2ccon2)CC1. The van der Waals surface area contributed by atoms with Crippen LogP contribution >= 0.6 is 0 Å². The minimum atomic E-state index is -3.12. The van der Waals surface area contributed by atoms with Crippen LogP contribution in [0.2, 0.25) is 0 Å². The third-order valence-electron chi connectivity index (χ3n) is 4.18. The smallest absolute Gasteiger partial charge is 0.211 e. The van der Waals surface area contributed by atoms with Crippen LogP contribution in [0.25, 0.3) is 0 Å². The summed E-state index contributed by atoms with van der Waals surface area (Å²) in [6, 6.07) is 1.89. The Bertz CT molecular complexity index is 639. The fourth-order valence-electron chi connectivity index (χ4n) is 2.69. The molecule has 0 spiro atoms. The predicted molar refractivity (Wildman–Crippen MR) is 101 cm³/mol. The van der Waals surface area contributed by atoms with E-state index in [4.69, 9.17) is 4.52 Å². The molecule has 2 rings (SSSR count). The molecule has 1 aliphatic rings. The first kappa shape index (κ1) is 20.7. The van der Waals surface area contributed by atoms with Gasteiger partial charge in [0.15, 0.2) is 5.96 Å². The number of aliphatic imine (C=N–C) groups is 1. The average molecular weight is 387 g/mol. The number of nitrogens with one attached hydrogen (secondary N) is 2. The third kappa shape index (κ3) is 6.93. The van der Waals surface area contributed by atoms with Crippen molar-refractivity contribution in [1.82, 2.24) is 25.0 Å². The maximum atomic E-state index is 11.4. The van der Waals surface area contributed by atoms with E-state index in [1.165, 1.54) is 0 Å². The van der Waals surface area contributed by atoms with Gasteiger partial charge in [-0.15, -0.1) is 0 Å². The summed E-state index contributed by atoms with van der Waals surface area (Å²) in [5.74, 6) is 1.00. The van der Waals surface area contributed by atoms with Crippen LogP contribution < -0.4 is 10.0 Å². The second-order valence-corrected chi connectivity index (χ2v) is 8.24. The molecule has 148 valence electrons. The van der Waals surface area contributed by atoms with E-state index in [1.807, 2.05) is 13.0 Å². The monoisotopic (exact) mass is 386 g/mol. The van der Waals surface area contributed by atoms with Gasteiger partial charge in [0.05, 0.1) is 11.4 Å². The highest BCUT2D eigenvalue weighted by atomic mass is 32.2. The van der Waals surface area contributed by atoms with Crippen LogP contribution in [0.4, 0.5) is 0 Å². The molecule has 0 atom stereocenters. The van der Waals surface area contributed by atoms with Crippen LogP contribution in [0.1, 0.15) is 26.0 Å². The first-order valence-corrected chi connectivity index (χ1v) is 10.8. The summed E-state index contributed by atoms with van der Waals surface area (Å²) in [4.78, 5) is 9.23. The van der Waals surface area contributed by atoms with E-state index in [1.54, 1.807) is 13.2 Å². The summed E-state index contributed by atoms with van der Waals surface area (Å²) in [7, 11) is -3.12. The molecule has 10 heteroatoms. The van der Waals surface area contributed by atoms with Crippen LogP contribution in [0.3, 0.4) is 0 Å². The van der Waals surface area contributed by atoms with Crippen molar-refractivity contribution >= 4 is 16.0 Å². The molecule has 0 radical (unpaired) electrons. The Morgan fingerprint density at radius 3 is 2.69 bits per heavy atom. The lowest BCUT2D eigenvalue weighted by Gasteiger charge is -2.36. The second-order valence-electron chi connectivity index (χ2n) is 6.14. The molecule has 0 unspecified atom stereocenters. The molecule has 0 aromatic carbocycles. The molecule has 1 fully saturated rings. The summed E-state index contributed by atoms with van der Waals surface area (Å²) in [5.41, 5.74) is 0.952. The molecule has 1 aromatic rings. The van der Waals surface area contributed by atoms with Crippen molar-refractivity contribution in [2.24, 2.45) is 4.99 Å². The minimum Gasteiger partial charge on any atom is -0.364 e. The fourth-order valence-corrected chi connectivity index (χ4v) is 3.35. The van der Waals surface area contributed by atoms with Gasteiger partial charge >= 0.3 is 0 Å². The molecule has 0 bridgehead atoms. The summed E-state index contributed by atoms with van der Waals surface area (Å²) in [5, 5.41) is 7.28. The van der Waals surface area contributed by atoms with Gasteiger partial charge in [0.1, 0.15) is 6.26 Å². The van der Waals surface area contributed by atoms with Gasteiger partial charge in [0.25, 0.3) is 0 Å². The Hall–Kier alpha value is -1.65. The van der Waals surface area contributed by atoms with Gasteiger partial charge in [-0.05, 0) is 20.3 Å². The predicted octanol–water partition coefficient (Wildman–Crippen LogP) is 0.0871. The van der Waals surface area contributed by atoms with Crippen molar-refractivity contribution in [3.63, 3.8) is 0 Å². The van der Waals surface area contributed by atoms with Gasteiger partial charge in [-0.3, -0.25) is 9.89 Å². The molecule has 9 nitrogen and oxygen atoms in total. The van der Waals surface area contributed by atoms with Crippen LogP contribution in [0.5, 0.6) is 0 Å². The van der Waals surface area contributed by atoms with Crippen molar-refractivity contribution in [3.8, 4) is 0 Å². The summed E-state index contributed by atoms with van der Waals surface area (Å²) in [6.45, 7) is 9.96. The normalized spacial score (nSPS) is 16.8. The zero-order valence-corrected chi connectivity index (χ0v) is 16.5. The number of rotatable bonds is 9. The standard InChI is InChI=1S/C16H30N6O3S/c1-3-17-16(18-7-5-8-19-26(23,24)4-2)22-11-9-21(10-12-22)14-15-6-13-25-20-15/h6,13,19H,3-5,7-12,14H2,1-2H3,(H,17,18). The van der Waals surface area contributed by atoms with E-state index >= 15 is 0 Å². The van der Waals surface area contributed by atoms with Gasteiger partial charge in [-0.25, -0.2) is 13.1 Å². The third-order valence-corrected chi connectivity index (χ3v) is 5.59. The molecule has 0 aliphatic carbocycles.